The Morgan fingerprint density at radius 3 is 2.43 bits per heavy atom. The zero-order valence-electron chi connectivity index (χ0n) is 13.5. The van der Waals surface area contributed by atoms with Gasteiger partial charge in [0.15, 0.2) is 0 Å². The largest absolute Gasteiger partial charge is 0.496 e. The van der Waals surface area contributed by atoms with Gasteiger partial charge in [-0.25, -0.2) is 4.98 Å². The van der Waals surface area contributed by atoms with E-state index < -0.39 is 0 Å². The van der Waals surface area contributed by atoms with Crippen molar-refractivity contribution in [1.82, 2.24) is 9.97 Å². The van der Waals surface area contributed by atoms with E-state index in [-0.39, 0.29) is 11.5 Å². The minimum atomic E-state index is -0.0919. The Bertz CT molecular complexity index is 730. The molecule has 1 aromatic carbocycles. The fourth-order valence-corrected chi connectivity index (χ4v) is 2.46. The fourth-order valence-electron chi connectivity index (χ4n) is 2.46. The molecule has 21 heavy (non-hydrogen) atoms. The summed E-state index contributed by atoms with van der Waals surface area (Å²) in [5, 5.41) is 0. The van der Waals surface area contributed by atoms with Crippen molar-refractivity contribution in [2.24, 2.45) is 0 Å². The SMILES string of the molecule is COc1cc(C)cc(C)c1-c1nc(C(C)C)[nH]c(=O)c1C. The minimum Gasteiger partial charge on any atom is -0.496 e. The number of benzene rings is 1. The molecule has 0 saturated carbocycles. The van der Waals surface area contributed by atoms with Crippen LogP contribution in [0.1, 0.15) is 42.3 Å². The van der Waals surface area contributed by atoms with Crippen LogP contribution >= 0.6 is 0 Å². The molecule has 0 unspecified atom stereocenters. The number of aromatic amines is 1. The van der Waals surface area contributed by atoms with Gasteiger partial charge in [0, 0.05) is 17.0 Å². The lowest BCUT2D eigenvalue weighted by Crippen LogP contribution is -2.17. The molecule has 0 spiro atoms. The number of aromatic nitrogens is 2. The van der Waals surface area contributed by atoms with E-state index in [1.54, 1.807) is 14.0 Å². The van der Waals surface area contributed by atoms with Crippen molar-refractivity contribution in [3.05, 3.63) is 45.0 Å². The summed E-state index contributed by atoms with van der Waals surface area (Å²) < 4.78 is 5.50. The van der Waals surface area contributed by atoms with Crippen molar-refractivity contribution in [1.29, 1.82) is 0 Å². The zero-order valence-corrected chi connectivity index (χ0v) is 13.5. The van der Waals surface area contributed by atoms with Crippen LogP contribution in [0.3, 0.4) is 0 Å². The number of hydrogen-bond acceptors (Lipinski definition) is 3. The van der Waals surface area contributed by atoms with E-state index in [1.165, 1.54) is 0 Å². The molecule has 0 bridgehead atoms. The Balaban J connectivity index is 2.81. The van der Waals surface area contributed by atoms with Crippen LogP contribution in [0.4, 0.5) is 0 Å². The molecule has 0 atom stereocenters. The van der Waals surface area contributed by atoms with Crippen molar-refractivity contribution >= 4 is 0 Å². The predicted octanol–water partition coefficient (Wildman–Crippen LogP) is 3.49. The van der Waals surface area contributed by atoms with Gasteiger partial charge in [-0.05, 0) is 38.0 Å². The molecule has 0 aliphatic rings. The number of aryl methyl sites for hydroxylation is 2. The highest BCUT2D eigenvalue weighted by Crippen LogP contribution is 2.34. The van der Waals surface area contributed by atoms with Crippen molar-refractivity contribution < 1.29 is 4.74 Å². The number of H-pyrrole nitrogens is 1. The topological polar surface area (TPSA) is 55.0 Å². The monoisotopic (exact) mass is 286 g/mol. The predicted molar refractivity (Wildman–Crippen MR) is 85.1 cm³/mol. The van der Waals surface area contributed by atoms with Crippen molar-refractivity contribution in [2.45, 2.75) is 40.5 Å². The van der Waals surface area contributed by atoms with E-state index in [0.717, 1.165) is 22.4 Å². The minimum absolute atomic E-state index is 0.0919. The molecule has 0 saturated heterocycles. The molecule has 1 N–H and O–H groups in total. The third kappa shape index (κ3) is 2.84. The molecule has 4 heteroatoms. The average Bonchev–Trinajstić information content (AvgIpc) is 2.41. The van der Waals surface area contributed by atoms with Gasteiger partial charge < -0.3 is 9.72 Å². The van der Waals surface area contributed by atoms with E-state index >= 15 is 0 Å². The van der Waals surface area contributed by atoms with E-state index in [1.807, 2.05) is 33.8 Å². The maximum absolute atomic E-state index is 12.2. The Hall–Kier alpha value is -2.10. The maximum atomic E-state index is 12.2. The van der Waals surface area contributed by atoms with Gasteiger partial charge in [-0.2, -0.15) is 0 Å². The highest BCUT2D eigenvalue weighted by atomic mass is 16.5. The Labute approximate surface area is 125 Å². The van der Waals surface area contributed by atoms with Gasteiger partial charge in [-0.1, -0.05) is 19.9 Å². The second-order valence-corrected chi connectivity index (χ2v) is 5.74. The van der Waals surface area contributed by atoms with E-state index in [0.29, 0.717) is 17.1 Å². The van der Waals surface area contributed by atoms with Gasteiger partial charge in [0.2, 0.25) is 0 Å². The van der Waals surface area contributed by atoms with Gasteiger partial charge >= 0.3 is 0 Å². The van der Waals surface area contributed by atoms with Crippen LogP contribution in [0.25, 0.3) is 11.3 Å². The van der Waals surface area contributed by atoms with Crippen LogP contribution in [-0.2, 0) is 0 Å². The third-order valence-electron chi connectivity index (χ3n) is 3.62. The maximum Gasteiger partial charge on any atom is 0.254 e. The highest BCUT2D eigenvalue weighted by molar-refractivity contribution is 5.73. The Morgan fingerprint density at radius 2 is 1.86 bits per heavy atom. The first-order valence-corrected chi connectivity index (χ1v) is 7.11. The average molecular weight is 286 g/mol. The van der Waals surface area contributed by atoms with Gasteiger partial charge in [0.25, 0.3) is 5.56 Å². The zero-order chi connectivity index (χ0) is 15.7. The molecule has 2 rings (SSSR count). The van der Waals surface area contributed by atoms with Crippen molar-refractivity contribution in [2.75, 3.05) is 7.11 Å². The van der Waals surface area contributed by atoms with E-state index in [2.05, 4.69) is 16.0 Å². The van der Waals surface area contributed by atoms with Crippen LogP contribution in [-0.4, -0.2) is 17.1 Å². The van der Waals surface area contributed by atoms with Gasteiger partial charge in [0.05, 0.1) is 12.8 Å². The molecule has 0 radical (unpaired) electrons. The molecule has 0 amide bonds. The third-order valence-corrected chi connectivity index (χ3v) is 3.62. The summed E-state index contributed by atoms with van der Waals surface area (Å²) in [7, 11) is 1.64. The number of rotatable bonds is 3. The molecule has 1 heterocycles. The van der Waals surface area contributed by atoms with Gasteiger partial charge in [-0.3, -0.25) is 4.79 Å². The summed E-state index contributed by atoms with van der Waals surface area (Å²) in [4.78, 5) is 19.7. The summed E-state index contributed by atoms with van der Waals surface area (Å²) in [6.45, 7) is 9.86. The lowest BCUT2D eigenvalue weighted by atomic mass is 9.98. The molecule has 112 valence electrons. The molecule has 0 fully saturated rings. The summed E-state index contributed by atoms with van der Waals surface area (Å²) >= 11 is 0. The molecule has 1 aromatic heterocycles. The summed E-state index contributed by atoms with van der Waals surface area (Å²) in [6.07, 6.45) is 0. The summed E-state index contributed by atoms with van der Waals surface area (Å²) in [5.41, 5.74) is 4.31. The number of nitrogens with one attached hydrogen (secondary N) is 1. The van der Waals surface area contributed by atoms with Crippen LogP contribution in [0.5, 0.6) is 5.75 Å². The van der Waals surface area contributed by atoms with Crippen LogP contribution in [0.15, 0.2) is 16.9 Å². The number of hydrogen-bond donors (Lipinski definition) is 1. The first-order valence-electron chi connectivity index (χ1n) is 7.11. The number of methoxy groups -OCH3 is 1. The molecule has 0 aliphatic carbocycles. The fraction of sp³-hybridized carbons (Fsp3) is 0.412. The molecule has 0 aliphatic heterocycles. The molecular weight excluding hydrogens is 264 g/mol. The molecular formula is C17H22N2O2. The summed E-state index contributed by atoms with van der Waals surface area (Å²) in [6, 6.07) is 4.05. The Kier molecular flexibility index (Phi) is 4.16. The lowest BCUT2D eigenvalue weighted by Gasteiger charge is -2.15. The first kappa shape index (κ1) is 15.3. The van der Waals surface area contributed by atoms with E-state index in [9.17, 15) is 4.79 Å². The van der Waals surface area contributed by atoms with Crippen LogP contribution < -0.4 is 10.3 Å². The highest BCUT2D eigenvalue weighted by Gasteiger charge is 2.17. The lowest BCUT2D eigenvalue weighted by molar-refractivity contribution is 0.415. The molecule has 2 aromatic rings. The van der Waals surface area contributed by atoms with Gasteiger partial charge in [-0.15, -0.1) is 0 Å². The Morgan fingerprint density at radius 1 is 1.19 bits per heavy atom. The molecule has 4 nitrogen and oxygen atoms in total. The quantitative estimate of drug-likeness (QED) is 0.939. The summed E-state index contributed by atoms with van der Waals surface area (Å²) in [5.74, 6) is 1.61. The normalized spacial score (nSPS) is 11.0. The number of ether oxygens (including phenoxy) is 1. The second kappa shape index (κ2) is 5.72. The first-order chi connectivity index (χ1) is 9.85. The van der Waals surface area contributed by atoms with Crippen molar-refractivity contribution in [3.8, 4) is 17.0 Å². The van der Waals surface area contributed by atoms with Crippen LogP contribution in [0.2, 0.25) is 0 Å². The number of nitrogens with zero attached hydrogens (tertiary/aromatic N) is 1. The van der Waals surface area contributed by atoms with Gasteiger partial charge in [0.1, 0.15) is 11.6 Å². The standard InChI is InChI=1S/C17H22N2O2/c1-9(2)16-18-15(12(5)17(20)19-16)14-11(4)7-10(3)8-13(14)21-6/h7-9H,1-6H3,(H,18,19,20). The second-order valence-electron chi connectivity index (χ2n) is 5.74. The van der Waals surface area contributed by atoms with E-state index in [4.69, 9.17) is 4.74 Å². The van der Waals surface area contributed by atoms with Crippen LogP contribution in [0, 0.1) is 20.8 Å². The van der Waals surface area contributed by atoms with Crippen molar-refractivity contribution in [3.63, 3.8) is 0 Å². The smallest absolute Gasteiger partial charge is 0.254 e.